The fourth-order valence-corrected chi connectivity index (χ4v) is 1.94. The lowest BCUT2D eigenvalue weighted by molar-refractivity contribution is 1.05. The van der Waals surface area contributed by atoms with Crippen LogP contribution in [0.2, 0.25) is 0 Å². The van der Waals surface area contributed by atoms with Crippen molar-refractivity contribution in [1.29, 1.82) is 0 Å². The Hall–Kier alpha value is -1.26. The number of aromatic amines is 2. The molecule has 1 heterocycles. The van der Waals surface area contributed by atoms with Gasteiger partial charge in [0.15, 0.2) is 0 Å². The van der Waals surface area contributed by atoms with E-state index in [9.17, 15) is 9.59 Å². The van der Waals surface area contributed by atoms with Crippen molar-refractivity contribution >= 4 is 34.1 Å². The van der Waals surface area contributed by atoms with Gasteiger partial charge in [0, 0.05) is 5.88 Å². The van der Waals surface area contributed by atoms with E-state index < -0.39 is 16.6 Å². The first kappa shape index (κ1) is 11.2. The van der Waals surface area contributed by atoms with Crippen LogP contribution >= 0.6 is 23.2 Å². The van der Waals surface area contributed by atoms with Gasteiger partial charge in [-0.05, 0) is 11.6 Å². The van der Waals surface area contributed by atoms with Gasteiger partial charge < -0.3 is 4.98 Å². The highest BCUT2D eigenvalue weighted by molar-refractivity contribution is 6.28. The highest BCUT2D eigenvalue weighted by Gasteiger charge is 2.13. The van der Waals surface area contributed by atoms with Crippen molar-refractivity contribution in [2.75, 3.05) is 5.88 Å². The third-order valence-corrected chi connectivity index (χ3v) is 3.13. The Labute approximate surface area is 100 Å². The Morgan fingerprint density at radius 2 is 2.00 bits per heavy atom. The molecule has 0 aliphatic heterocycles. The van der Waals surface area contributed by atoms with E-state index in [0.29, 0.717) is 16.5 Å². The van der Waals surface area contributed by atoms with Gasteiger partial charge in [-0.2, -0.15) is 0 Å². The number of hydrogen-bond acceptors (Lipinski definition) is 2. The quantitative estimate of drug-likeness (QED) is 0.806. The van der Waals surface area contributed by atoms with Gasteiger partial charge >= 0.3 is 5.69 Å². The molecule has 0 spiro atoms. The molecule has 0 bridgehead atoms. The number of H-pyrrole nitrogens is 2. The smallest absolute Gasteiger partial charge is 0.307 e. The average molecular weight is 259 g/mol. The summed E-state index contributed by atoms with van der Waals surface area (Å²) >= 11 is 11.7. The first-order chi connectivity index (χ1) is 7.63. The molecule has 0 saturated carbocycles. The maximum absolute atomic E-state index is 11.7. The Morgan fingerprint density at radius 3 is 2.69 bits per heavy atom. The number of halogens is 2. The Bertz CT molecular complexity index is 632. The molecule has 4 nitrogen and oxygen atoms in total. The molecule has 0 radical (unpaired) electrons. The molecular weight excluding hydrogens is 251 g/mol. The number of aromatic nitrogens is 2. The average Bonchev–Trinajstić information content (AvgIpc) is 2.26. The number of alkyl halides is 2. The van der Waals surface area contributed by atoms with Gasteiger partial charge in [0.25, 0.3) is 5.56 Å². The van der Waals surface area contributed by atoms with Crippen LogP contribution in [0.15, 0.2) is 27.8 Å². The second-order valence-corrected chi connectivity index (χ2v) is 4.14. The molecule has 2 rings (SSSR count). The molecule has 1 aromatic heterocycles. The fraction of sp³-hybridized carbons (Fsp3) is 0.200. The lowest BCUT2D eigenvalue weighted by Crippen LogP contribution is -2.23. The second-order valence-electron chi connectivity index (χ2n) is 3.30. The van der Waals surface area contributed by atoms with Gasteiger partial charge in [0.05, 0.1) is 16.3 Å². The minimum Gasteiger partial charge on any atom is -0.307 e. The monoisotopic (exact) mass is 258 g/mol. The minimum absolute atomic E-state index is 0.194. The standard InChI is InChI=1S/C10H8Cl2N2O2/c11-4-6(12)5-2-1-3-7-8(5)9(15)14-10(16)13-7/h1-3,6H,4H2,(H2,13,14,15,16). The summed E-state index contributed by atoms with van der Waals surface area (Å²) < 4.78 is 0. The summed E-state index contributed by atoms with van der Waals surface area (Å²) in [6.45, 7) is 0. The molecule has 0 aliphatic rings. The van der Waals surface area contributed by atoms with Gasteiger partial charge in [-0.25, -0.2) is 4.79 Å². The number of hydrogen-bond donors (Lipinski definition) is 2. The van der Waals surface area contributed by atoms with Crippen LogP contribution in [0.25, 0.3) is 10.9 Å². The summed E-state index contributed by atoms with van der Waals surface area (Å²) in [5.74, 6) is 0.194. The predicted molar refractivity (Wildman–Crippen MR) is 64.5 cm³/mol. The topological polar surface area (TPSA) is 65.7 Å². The maximum atomic E-state index is 11.7. The lowest BCUT2D eigenvalue weighted by atomic mass is 10.1. The van der Waals surface area contributed by atoms with Crippen molar-refractivity contribution < 1.29 is 0 Å². The molecule has 0 amide bonds. The van der Waals surface area contributed by atoms with Gasteiger partial charge in [-0.1, -0.05) is 12.1 Å². The van der Waals surface area contributed by atoms with Gasteiger partial charge in [0.1, 0.15) is 0 Å². The van der Waals surface area contributed by atoms with E-state index in [0.717, 1.165) is 0 Å². The summed E-state index contributed by atoms with van der Waals surface area (Å²) in [7, 11) is 0. The number of nitrogens with one attached hydrogen (secondary N) is 2. The van der Waals surface area contributed by atoms with Crippen LogP contribution in [0, 0.1) is 0 Å². The first-order valence-corrected chi connectivity index (χ1v) is 5.56. The van der Waals surface area contributed by atoms with Crippen molar-refractivity contribution in [3.63, 3.8) is 0 Å². The summed E-state index contributed by atoms with van der Waals surface area (Å²) in [5.41, 5.74) is 0.0884. The zero-order chi connectivity index (χ0) is 11.7. The molecule has 2 N–H and O–H groups in total. The van der Waals surface area contributed by atoms with E-state index in [1.165, 1.54) is 0 Å². The van der Waals surface area contributed by atoms with Crippen LogP contribution in [0.3, 0.4) is 0 Å². The van der Waals surface area contributed by atoms with E-state index in [4.69, 9.17) is 23.2 Å². The van der Waals surface area contributed by atoms with E-state index in [-0.39, 0.29) is 5.88 Å². The molecule has 16 heavy (non-hydrogen) atoms. The number of benzene rings is 1. The van der Waals surface area contributed by atoms with Crippen molar-refractivity contribution in [2.45, 2.75) is 5.38 Å². The van der Waals surface area contributed by atoms with Crippen LogP contribution in [0.4, 0.5) is 0 Å². The largest absolute Gasteiger partial charge is 0.326 e. The Kier molecular flexibility index (Phi) is 3.03. The molecule has 1 aromatic carbocycles. The van der Waals surface area contributed by atoms with Crippen LogP contribution < -0.4 is 11.2 Å². The molecule has 6 heteroatoms. The normalized spacial score (nSPS) is 12.9. The number of fused-ring (bicyclic) bond motifs is 1. The third-order valence-electron chi connectivity index (χ3n) is 2.27. The summed E-state index contributed by atoms with van der Waals surface area (Å²) in [4.78, 5) is 27.4. The summed E-state index contributed by atoms with van der Waals surface area (Å²) in [6, 6.07) is 5.08. The van der Waals surface area contributed by atoms with E-state index in [1.54, 1.807) is 18.2 Å². The van der Waals surface area contributed by atoms with Crippen LogP contribution in [-0.2, 0) is 0 Å². The summed E-state index contributed by atoms with van der Waals surface area (Å²) in [5, 5.41) is -0.0832. The first-order valence-electron chi connectivity index (χ1n) is 4.58. The van der Waals surface area contributed by atoms with Crippen LogP contribution in [0.5, 0.6) is 0 Å². The zero-order valence-electron chi connectivity index (χ0n) is 8.09. The molecule has 0 fully saturated rings. The van der Waals surface area contributed by atoms with Gasteiger partial charge in [-0.3, -0.25) is 9.78 Å². The van der Waals surface area contributed by atoms with Gasteiger partial charge in [0.2, 0.25) is 0 Å². The highest BCUT2D eigenvalue weighted by atomic mass is 35.5. The Morgan fingerprint density at radius 1 is 1.25 bits per heavy atom. The lowest BCUT2D eigenvalue weighted by Gasteiger charge is -2.08. The fourth-order valence-electron chi connectivity index (χ4n) is 1.59. The molecule has 84 valence electrons. The molecule has 0 saturated heterocycles. The second kappa shape index (κ2) is 4.31. The predicted octanol–water partition coefficient (Wildman–Crippen LogP) is 1.74. The molecule has 1 unspecified atom stereocenters. The van der Waals surface area contributed by atoms with Crippen molar-refractivity contribution in [3.05, 3.63) is 44.6 Å². The molecule has 2 aromatic rings. The zero-order valence-corrected chi connectivity index (χ0v) is 9.60. The van der Waals surface area contributed by atoms with Gasteiger partial charge in [-0.15, -0.1) is 23.2 Å². The van der Waals surface area contributed by atoms with Crippen LogP contribution in [0.1, 0.15) is 10.9 Å². The molecule has 1 atom stereocenters. The number of rotatable bonds is 2. The third kappa shape index (κ3) is 1.86. The maximum Gasteiger partial charge on any atom is 0.326 e. The van der Waals surface area contributed by atoms with Crippen LogP contribution in [-0.4, -0.2) is 15.8 Å². The minimum atomic E-state index is -0.536. The van der Waals surface area contributed by atoms with E-state index in [2.05, 4.69) is 9.97 Å². The highest BCUT2D eigenvalue weighted by Crippen LogP contribution is 2.25. The SMILES string of the molecule is O=c1[nH]c(=O)c2c(C(Cl)CCl)cccc2[nH]1. The van der Waals surface area contributed by atoms with Crippen molar-refractivity contribution in [3.8, 4) is 0 Å². The Balaban J connectivity index is 2.87. The van der Waals surface area contributed by atoms with Crippen molar-refractivity contribution in [1.82, 2.24) is 9.97 Å². The van der Waals surface area contributed by atoms with E-state index in [1.807, 2.05) is 0 Å². The van der Waals surface area contributed by atoms with E-state index >= 15 is 0 Å². The molecular formula is C10H8Cl2N2O2. The molecule has 0 aliphatic carbocycles. The van der Waals surface area contributed by atoms with Crippen molar-refractivity contribution in [2.24, 2.45) is 0 Å². The summed E-state index contributed by atoms with van der Waals surface area (Å²) in [6.07, 6.45) is 0.